The lowest BCUT2D eigenvalue weighted by atomic mass is 10.0. The molecule has 0 aliphatic heterocycles. The van der Waals surface area contributed by atoms with Gasteiger partial charge in [0.15, 0.2) is 5.78 Å². The number of Topliss-reactive ketones (excluding diaryl/α,β-unsaturated/α-hetero) is 1. The third kappa shape index (κ3) is 28.2. The largest absolute Gasteiger partial charge is 0.481 e. The van der Waals surface area contributed by atoms with E-state index in [-0.39, 0.29) is 44.4 Å². The first kappa shape index (κ1) is 46.6. The quantitative estimate of drug-likeness (QED) is 0.0535. The molecule has 0 bridgehead atoms. The molecule has 7 N–H and O–H groups in total. The molecule has 0 aliphatic carbocycles. The highest BCUT2D eigenvalue weighted by Gasteiger charge is 2.21. The van der Waals surface area contributed by atoms with Gasteiger partial charge in [0.1, 0.15) is 12.6 Å². The summed E-state index contributed by atoms with van der Waals surface area (Å²) in [5.74, 6) is -2.42. The molecule has 297 valence electrons. The number of aromatic amines is 1. The van der Waals surface area contributed by atoms with Gasteiger partial charge >= 0.3 is 11.9 Å². The van der Waals surface area contributed by atoms with Crippen molar-refractivity contribution in [3.63, 3.8) is 0 Å². The number of unbranched alkanes of at least 4 members (excludes halogenated alkanes) is 14. The average Bonchev–Trinajstić information content (AvgIpc) is 3.62. The van der Waals surface area contributed by atoms with Crippen molar-refractivity contribution in [2.75, 3.05) is 46.1 Å². The molecule has 1 heterocycles. The zero-order chi connectivity index (χ0) is 38.1. The molecule has 0 saturated heterocycles. The summed E-state index contributed by atoms with van der Waals surface area (Å²) in [7, 11) is 0. The number of carboxylic acids is 2. The van der Waals surface area contributed by atoms with Crippen molar-refractivity contribution in [1.82, 2.24) is 31.7 Å². The lowest BCUT2D eigenvalue weighted by molar-refractivity contribution is -0.140. The van der Waals surface area contributed by atoms with Crippen LogP contribution in [0.15, 0.2) is 12.5 Å². The van der Waals surface area contributed by atoms with Crippen LogP contribution >= 0.6 is 0 Å². The molecular formula is C37H65N6O9. The Labute approximate surface area is 309 Å². The van der Waals surface area contributed by atoms with Crippen molar-refractivity contribution in [2.24, 2.45) is 0 Å². The normalized spacial score (nSPS) is 12.3. The van der Waals surface area contributed by atoms with Gasteiger partial charge in [0, 0.05) is 44.2 Å². The molecule has 0 unspecified atom stereocenters. The summed E-state index contributed by atoms with van der Waals surface area (Å²) in [5, 5.41) is 26.4. The number of hydrogen-bond donors (Lipinski definition) is 6. The number of rotatable bonds is 37. The fourth-order valence-electron chi connectivity index (χ4n) is 5.56. The van der Waals surface area contributed by atoms with Gasteiger partial charge in [-0.05, 0) is 32.1 Å². The van der Waals surface area contributed by atoms with E-state index in [1.807, 2.05) is 0 Å². The first-order valence-electron chi connectivity index (χ1n) is 19.3. The minimum atomic E-state index is -1.07. The predicted octanol–water partition coefficient (Wildman–Crippen LogP) is 3.98. The van der Waals surface area contributed by atoms with E-state index in [4.69, 9.17) is 20.3 Å². The summed E-state index contributed by atoms with van der Waals surface area (Å²) < 4.78 is 10.8. The van der Waals surface area contributed by atoms with Crippen LogP contribution < -0.4 is 21.7 Å². The van der Waals surface area contributed by atoms with Gasteiger partial charge in [-0.3, -0.25) is 29.3 Å². The minimum Gasteiger partial charge on any atom is -0.481 e. The van der Waals surface area contributed by atoms with E-state index in [1.54, 1.807) is 6.20 Å². The van der Waals surface area contributed by atoms with Crippen LogP contribution in [0.1, 0.15) is 128 Å². The molecule has 0 aromatic carbocycles. The SMILES string of the molecule is [NH][C@@H](Cc1cnc[nH]1)C(=O)CN[C@@H](CCCCNC(=O)COCCOCCNC(=O)CCCCCCCCCCCCCCCCC(=O)O)C(=O)O. The molecule has 1 aromatic rings. The van der Waals surface area contributed by atoms with Crippen LogP contribution in [0.25, 0.3) is 0 Å². The van der Waals surface area contributed by atoms with Crippen LogP contribution in [0.2, 0.25) is 0 Å². The molecular weight excluding hydrogens is 672 g/mol. The van der Waals surface area contributed by atoms with E-state index in [9.17, 15) is 29.1 Å². The molecule has 1 rings (SSSR count). The summed E-state index contributed by atoms with van der Waals surface area (Å²) in [5.41, 5.74) is 8.63. The van der Waals surface area contributed by atoms with Crippen LogP contribution in [-0.2, 0) is 39.9 Å². The lowest BCUT2D eigenvalue weighted by Crippen LogP contribution is -2.43. The number of ether oxygens (including phenoxy) is 2. The number of H-pyrrole nitrogens is 1. The van der Waals surface area contributed by atoms with Crippen molar-refractivity contribution in [2.45, 2.75) is 141 Å². The van der Waals surface area contributed by atoms with Crippen molar-refractivity contribution in [1.29, 1.82) is 0 Å². The summed E-state index contributed by atoms with van der Waals surface area (Å²) in [4.78, 5) is 64.9. The molecule has 0 aliphatic rings. The lowest BCUT2D eigenvalue weighted by Gasteiger charge is -2.15. The second-order valence-corrected chi connectivity index (χ2v) is 13.3. The highest BCUT2D eigenvalue weighted by molar-refractivity contribution is 5.86. The van der Waals surface area contributed by atoms with Crippen molar-refractivity contribution in [3.05, 3.63) is 18.2 Å². The van der Waals surface area contributed by atoms with E-state index in [2.05, 4.69) is 25.9 Å². The molecule has 15 nitrogen and oxygen atoms in total. The molecule has 1 aromatic heterocycles. The van der Waals surface area contributed by atoms with Crippen molar-refractivity contribution < 1.29 is 43.7 Å². The highest BCUT2D eigenvalue weighted by Crippen LogP contribution is 2.14. The monoisotopic (exact) mass is 737 g/mol. The first-order valence-corrected chi connectivity index (χ1v) is 19.3. The Bertz CT molecular complexity index is 1090. The molecule has 0 fully saturated rings. The van der Waals surface area contributed by atoms with Crippen LogP contribution in [0.3, 0.4) is 0 Å². The first-order chi connectivity index (χ1) is 25.2. The average molecular weight is 738 g/mol. The topological polar surface area (TPSA) is 233 Å². The van der Waals surface area contributed by atoms with Gasteiger partial charge in [0.2, 0.25) is 11.8 Å². The Morgan fingerprint density at radius 2 is 1.29 bits per heavy atom. The van der Waals surface area contributed by atoms with Crippen molar-refractivity contribution >= 4 is 29.5 Å². The van der Waals surface area contributed by atoms with E-state index < -0.39 is 29.8 Å². The maximum Gasteiger partial charge on any atom is 0.320 e. The van der Waals surface area contributed by atoms with Gasteiger partial charge in [-0.1, -0.05) is 77.0 Å². The van der Waals surface area contributed by atoms with Crippen LogP contribution in [0.4, 0.5) is 0 Å². The Hall–Kier alpha value is -3.40. The zero-order valence-electron chi connectivity index (χ0n) is 31.1. The van der Waals surface area contributed by atoms with Gasteiger partial charge in [-0.25, -0.2) is 10.7 Å². The van der Waals surface area contributed by atoms with E-state index in [1.165, 1.54) is 57.7 Å². The Balaban J connectivity index is 1.86. The summed E-state index contributed by atoms with van der Waals surface area (Å²) >= 11 is 0. The van der Waals surface area contributed by atoms with Gasteiger partial charge < -0.3 is 35.3 Å². The number of nitrogens with zero attached hydrogens (tertiary/aromatic N) is 1. The van der Waals surface area contributed by atoms with Gasteiger partial charge in [-0.15, -0.1) is 0 Å². The molecule has 0 spiro atoms. The number of imidazole rings is 1. The predicted molar refractivity (Wildman–Crippen MR) is 197 cm³/mol. The number of carboxylic acid groups (broad SMARTS) is 2. The number of carbonyl (C=O) groups excluding carboxylic acids is 3. The maximum atomic E-state index is 12.2. The molecule has 2 atom stereocenters. The van der Waals surface area contributed by atoms with E-state index in [0.29, 0.717) is 57.7 Å². The van der Waals surface area contributed by atoms with Crippen LogP contribution in [0.5, 0.6) is 0 Å². The van der Waals surface area contributed by atoms with Crippen LogP contribution in [-0.4, -0.2) is 108 Å². The molecule has 2 amide bonds. The van der Waals surface area contributed by atoms with E-state index in [0.717, 1.165) is 38.5 Å². The third-order valence-corrected chi connectivity index (χ3v) is 8.65. The fraction of sp³-hybridized carbons (Fsp3) is 0.784. The second-order valence-electron chi connectivity index (χ2n) is 13.3. The second kappa shape index (κ2) is 32.3. The number of aliphatic carboxylic acids is 2. The Kier molecular flexibility index (Phi) is 28.9. The summed E-state index contributed by atoms with van der Waals surface area (Å²) in [6.45, 7) is 1.37. The minimum absolute atomic E-state index is 0.0303. The smallest absolute Gasteiger partial charge is 0.320 e. The number of ketones is 1. The maximum absolute atomic E-state index is 12.2. The third-order valence-electron chi connectivity index (χ3n) is 8.65. The number of hydrogen-bond acceptors (Lipinski definition) is 9. The fourth-order valence-corrected chi connectivity index (χ4v) is 5.56. The Morgan fingerprint density at radius 1 is 0.712 bits per heavy atom. The Morgan fingerprint density at radius 3 is 1.87 bits per heavy atom. The van der Waals surface area contributed by atoms with Gasteiger partial charge in [0.05, 0.1) is 38.7 Å². The molecule has 0 saturated carbocycles. The van der Waals surface area contributed by atoms with Crippen molar-refractivity contribution in [3.8, 4) is 0 Å². The number of aromatic nitrogens is 2. The number of carbonyl (C=O) groups is 5. The summed E-state index contributed by atoms with van der Waals surface area (Å²) in [6, 6.07) is -1.94. The molecule has 15 heteroatoms. The van der Waals surface area contributed by atoms with Gasteiger partial charge in [0.25, 0.3) is 0 Å². The highest BCUT2D eigenvalue weighted by atomic mass is 16.5. The zero-order valence-corrected chi connectivity index (χ0v) is 31.1. The van der Waals surface area contributed by atoms with Crippen LogP contribution in [0, 0.1) is 0 Å². The molecule has 1 radical (unpaired) electrons. The van der Waals surface area contributed by atoms with Gasteiger partial charge in [-0.2, -0.15) is 0 Å². The number of amides is 2. The molecule has 52 heavy (non-hydrogen) atoms. The standard InChI is InChI=1S/C37H65N6O9/c38-31(25-30-26-39-29-43-30)33(44)27-42-32(37(49)50)17-15-16-20-40-35(46)28-52-24-23-51-22-21-41-34(45)18-13-11-9-7-5-3-1-2-4-6-8-10-12-14-19-36(47)48/h26,29,31-32,38,42H,1-25,27-28H2,(H,39,43)(H,40,46)(H,41,45)(H,47,48)(H,49,50)/t31-,32-/m0/s1. The number of nitrogens with one attached hydrogen (secondary N) is 5. The summed E-state index contributed by atoms with van der Waals surface area (Å²) in [6.07, 6.45) is 21.4. The van der Waals surface area contributed by atoms with E-state index >= 15 is 0 Å².